The summed E-state index contributed by atoms with van der Waals surface area (Å²) < 4.78 is 93.8. The van der Waals surface area contributed by atoms with E-state index in [2.05, 4.69) is 65.3 Å². The highest BCUT2D eigenvalue weighted by atomic mass is 19.4. The number of ether oxygens (including phenoxy) is 2. The molecule has 3 atom stereocenters. The molecule has 1 aliphatic carbocycles. The average molecular weight is 1850 g/mol. The number of nitro groups is 1. The minimum absolute atomic E-state index is 0.0137. The number of carbonyl (C=O) groups is 7. The number of carbonyl (C=O) groups excluding carboxylic acids is 7. The number of nitro benzene ring substituents is 1. The van der Waals surface area contributed by atoms with Crippen LogP contribution in [-0.2, 0) is 97.8 Å². The molecular formula is C95H97F5N22O13. The summed E-state index contributed by atoms with van der Waals surface area (Å²) in [6.07, 6.45) is 6.86. The Morgan fingerprint density at radius 3 is 1.39 bits per heavy atom. The molecule has 700 valence electrons. The third kappa shape index (κ3) is 24.1. The van der Waals surface area contributed by atoms with Crippen LogP contribution in [0, 0.1) is 10.1 Å². The first kappa shape index (κ1) is 93.6. The van der Waals surface area contributed by atoms with Gasteiger partial charge in [0.1, 0.15) is 78.7 Å². The van der Waals surface area contributed by atoms with Crippen LogP contribution in [0.25, 0.3) is 39.1 Å². The number of Topliss-reactive ketones (excluding diaryl/α,β-unsaturated/α-hetero) is 1. The molecule has 10 heterocycles. The maximum atomic E-state index is 13.9. The first-order valence-corrected chi connectivity index (χ1v) is 44.3. The number of hydrogen-bond donors (Lipinski definition) is 0. The number of benzene rings is 8. The van der Waals surface area contributed by atoms with E-state index in [0.29, 0.717) is 119 Å². The third-order valence-corrected chi connectivity index (χ3v) is 25.1. The Morgan fingerprint density at radius 1 is 0.452 bits per heavy atom. The Hall–Kier alpha value is -14.6. The molecule has 3 unspecified atom stereocenters. The molecule has 5 aromatic heterocycles. The topological polar surface area (TPSA) is 377 Å². The van der Waals surface area contributed by atoms with Crippen molar-refractivity contribution in [2.75, 3.05) is 118 Å². The number of non-ortho nitro benzene ring substituents is 1. The monoisotopic (exact) mass is 1850 g/mol. The fourth-order valence-corrected chi connectivity index (χ4v) is 17.4. The lowest BCUT2D eigenvalue weighted by Gasteiger charge is -2.42. The number of halogens is 5. The van der Waals surface area contributed by atoms with Gasteiger partial charge in [-0.3, -0.25) is 58.5 Å². The first-order valence-electron chi connectivity index (χ1n) is 44.3. The number of aromatic nitrogens is 13. The van der Waals surface area contributed by atoms with Crippen LogP contribution < -0.4 is 0 Å². The lowest BCUT2D eigenvalue weighted by molar-refractivity contribution is -0.384. The van der Waals surface area contributed by atoms with E-state index in [1.807, 2.05) is 114 Å². The minimum atomic E-state index is -4.45. The number of alkyl halides is 5. The number of nitrogens with zero attached hydrogens (tertiary/aromatic N) is 22. The largest absolute Gasteiger partial charge is 0.468 e. The van der Waals surface area contributed by atoms with Crippen molar-refractivity contribution in [2.45, 2.75) is 102 Å². The number of rotatable bonds is 26. The van der Waals surface area contributed by atoms with Gasteiger partial charge in [0.05, 0.1) is 66.4 Å². The van der Waals surface area contributed by atoms with Gasteiger partial charge in [-0.2, -0.15) is 28.5 Å². The Labute approximate surface area is 770 Å². The summed E-state index contributed by atoms with van der Waals surface area (Å²) in [6, 6.07) is 47.9. The third-order valence-electron chi connectivity index (χ3n) is 25.1. The molecule has 0 bridgehead atoms. The van der Waals surface area contributed by atoms with Gasteiger partial charge in [0.2, 0.25) is 23.6 Å². The fraction of sp³-hybridized carbons (Fsp3) is 0.358. The summed E-state index contributed by atoms with van der Waals surface area (Å²) in [5, 5.41) is 38.1. The van der Waals surface area contributed by atoms with Crippen molar-refractivity contribution >= 4 is 69.1 Å². The molecule has 4 fully saturated rings. The molecule has 13 aromatic rings. The van der Waals surface area contributed by atoms with E-state index in [1.54, 1.807) is 108 Å². The molecule has 0 spiro atoms. The van der Waals surface area contributed by atoms with Crippen LogP contribution in [0.3, 0.4) is 0 Å². The van der Waals surface area contributed by atoms with Crippen molar-refractivity contribution < 1.29 is 79.2 Å². The van der Waals surface area contributed by atoms with Gasteiger partial charge in [0, 0.05) is 141 Å². The van der Waals surface area contributed by atoms with Crippen LogP contribution >= 0.6 is 0 Å². The zero-order valence-corrected chi connectivity index (χ0v) is 73.8. The number of methoxy groups -OCH3 is 1. The number of cyclic esters (lactones) is 1. The molecule has 8 aromatic carbocycles. The smallest absolute Gasteiger partial charge is 0.405 e. The molecule has 40 heteroatoms. The molecule has 6 aliphatic rings. The van der Waals surface area contributed by atoms with E-state index in [4.69, 9.17) is 14.1 Å². The van der Waals surface area contributed by atoms with Gasteiger partial charge in [0.15, 0.2) is 5.78 Å². The van der Waals surface area contributed by atoms with Crippen LogP contribution in [0.1, 0.15) is 82.8 Å². The van der Waals surface area contributed by atoms with Gasteiger partial charge in [-0.1, -0.05) is 91.0 Å². The SMILES string of the molecule is COC(=O)C1CN(C(=O)Cc2ccc(-n3cncn3)cc2)CCN1CCc1ccc2c(c1)COC2=O.O=C(Cc1ccc(-n2cncn2)cc1)N1CCN(CCc2ccc3nonc3c2)C(C(F)(F)F)C1.O=C(Cc1ccc(-n2cncn2)cc1)N1CCN(CCc2ccc3nonc3c2)C(C(F)F)C1.O=C1CCc2cc(CC(=O)N3CCN(CCc4ccc([N+](=O)[O-])cc4)CC3)ccc21. The number of piperazine rings is 4. The summed E-state index contributed by atoms with van der Waals surface area (Å²) in [4.78, 5) is 124. The number of hydrogen-bond acceptors (Lipinski definition) is 27. The fourth-order valence-electron chi connectivity index (χ4n) is 17.4. The molecule has 4 saturated heterocycles. The minimum Gasteiger partial charge on any atom is -0.468 e. The molecule has 0 N–H and O–H groups in total. The molecule has 0 saturated carbocycles. The van der Waals surface area contributed by atoms with E-state index in [1.165, 1.54) is 35.9 Å². The van der Waals surface area contributed by atoms with E-state index in [0.717, 1.165) is 111 Å². The van der Waals surface area contributed by atoms with E-state index in [-0.39, 0.29) is 110 Å². The number of fused-ring (bicyclic) bond motifs is 4. The van der Waals surface area contributed by atoms with Gasteiger partial charge in [0.25, 0.3) is 12.1 Å². The lowest BCUT2D eigenvalue weighted by atomic mass is 10.0. The van der Waals surface area contributed by atoms with Crippen molar-refractivity contribution in [1.29, 1.82) is 0 Å². The zero-order valence-electron chi connectivity index (χ0n) is 73.8. The van der Waals surface area contributed by atoms with Gasteiger partial charge in [-0.05, 0) is 170 Å². The lowest BCUT2D eigenvalue weighted by Crippen LogP contribution is -2.60. The van der Waals surface area contributed by atoms with Crippen molar-refractivity contribution in [1.82, 2.24) is 104 Å². The highest BCUT2D eigenvalue weighted by Gasteiger charge is 2.47. The molecule has 135 heavy (non-hydrogen) atoms. The Balaban J connectivity index is 0.000000131. The molecule has 5 aliphatic heterocycles. The predicted molar refractivity (Wildman–Crippen MR) is 478 cm³/mol. The van der Waals surface area contributed by atoms with E-state index >= 15 is 0 Å². The molecule has 4 amide bonds. The molecule has 19 rings (SSSR count). The van der Waals surface area contributed by atoms with Crippen LogP contribution in [0.15, 0.2) is 217 Å². The van der Waals surface area contributed by atoms with Crippen molar-refractivity contribution in [2.24, 2.45) is 0 Å². The van der Waals surface area contributed by atoms with Crippen molar-refractivity contribution in [3.8, 4) is 17.1 Å². The van der Waals surface area contributed by atoms with E-state index in [9.17, 15) is 65.6 Å². The second kappa shape index (κ2) is 43.4. The summed E-state index contributed by atoms with van der Waals surface area (Å²) in [5.74, 6) is -0.798. The van der Waals surface area contributed by atoms with Gasteiger partial charge in [-0.15, -0.1) is 0 Å². The van der Waals surface area contributed by atoms with Crippen molar-refractivity contribution in [3.63, 3.8) is 0 Å². The zero-order chi connectivity index (χ0) is 94.1. The normalized spacial score (nSPS) is 17.1. The number of aryl methyl sites for hydroxylation is 1. The van der Waals surface area contributed by atoms with Crippen molar-refractivity contribution in [3.05, 3.63) is 285 Å². The number of ketones is 1. The predicted octanol–water partition coefficient (Wildman–Crippen LogP) is 9.09. The average Bonchev–Trinajstić information content (AvgIpc) is 1.24. The van der Waals surface area contributed by atoms with Crippen LogP contribution in [-0.4, -0.2) is 299 Å². The maximum absolute atomic E-state index is 13.9. The van der Waals surface area contributed by atoms with Gasteiger partial charge in [-0.25, -0.2) is 51.8 Å². The second-order valence-corrected chi connectivity index (χ2v) is 33.7. The molecule has 0 radical (unpaired) electrons. The summed E-state index contributed by atoms with van der Waals surface area (Å²) in [5.41, 5.74) is 15.9. The summed E-state index contributed by atoms with van der Waals surface area (Å²) >= 11 is 0. The molecular weight excluding hydrogens is 1750 g/mol. The Kier molecular flexibility index (Phi) is 30.1. The second-order valence-electron chi connectivity index (χ2n) is 33.7. The van der Waals surface area contributed by atoms with Crippen LogP contribution in [0.5, 0.6) is 0 Å². The highest BCUT2D eigenvalue weighted by molar-refractivity contribution is 6.00. The maximum Gasteiger partial charge on any atom is 0.405 e. The van der Waals surface area contributed by atoms with Gasteiger partial charge >= 0.3 is 18.1 Å². The van der Waals surface area contributed by atoms with Crippen LogP contribution in [0.4, 0.5) is 27.6 Å². The Bertz CT molecular complexity index is 6260. The summed E-state index contributed by atoms with van der Waals surface area (Å²) in [7, 11) is 1.37. The van der Waals surface area contributed by atoms with E-state index < -0.39 is 30.7 Å². The summed E-state index contributed by atoms with van der Waals surface area (Å²) in [6.45, 7) is 7.83. The quantitative estimate of drug-likeness (QED) is 0.0211. The molecule has 35 nitrogen and oxygen atoms in total. The Morgan fingerprint density at radius 2 is 0.874 bits per heavy atom. The standard InChI is InChI=1S/C26H27N5O5.C23H22F3N7O2.C23H23F2N7O2.C23H25N3O4/c1-35-26(34)23-14-30(24(32)13-18-2-5-21(6-3-18)31-17-27-16-28-31)11-10-29(23)9-8-19-4-7-22-20(12-19)15-36-25(22)33;24-23(25,26)21-13-32(22(34)12-16-1-4-18(5-2-16)33-15-27-14-28-33)10-9-31(21)8-7-17-3-6-19-20(11-17)30-35-29-19;24-23(25)21-13-31(22(33)12-16-1-4-18(5-2-16)32-15-26-14-27-32)10-9-30(21)8-7-17-3-6-19-20(11-17)29-34-28-19;27-22-8-4-19-15-18(3-7-21(19)22)16-23(28)25-13-11-24(12-14-25)10-9-17-1-5-20(6-2-17)26(29)30/h2-7,12,16-17,23H,8-11,13-15H2,1H3;1-6,11,14-15,21H,7-10,12-13H2;1-6,11,14-15,21,23H,7-10,12-13H2;1-3,5-7,15H,4,8-14,16H2. The first-order chi connectivity index (χ1) is 65.4. The highest BCUT2D eigenvalue weighted by Crippen LogP contribution is 2.32. The van der Waals surface area contributed by atoms with Gasteiger partial charge < -0.3 is 29.1 Å². The van der Waals surface area contributed by atoms with Crippen LogP contribution in [0.2, 0.25) is 0 Å². The number of amides is 4. The number of esters is 2.